The Kier molecular flexibility index (Phi) is 7.40. The van der Waals surface area contributed by atoms with Crippen LogP contribution in [0.15, 0.2) is 66.7 Å². The molecule has 1 amide bonds. The van der Waals surface area contributed by atoms with Gasteiger partial charge < -0.3 is 14.8 Å². The van der Waals surface area contributed by atoms with Crippen LogP contribution in [-0.4, -0.2) is 36.9 Å². The van der Waals surface area contributed by atoms with Crippen LogP contribution in [0.4, 0.5) is 0 Å². The minimum absolute atomic E-state index is 0.136. The van der Waals surface area contributed by atoms with Gasteiger partial charge in [0.25, 0.3) is 5.91 Å². The molecule has 34 heavy (non-hydrogen) atoms. The summed E-state index contributed by atoms with van der Waals surface area (Å²) in [5.41, 5.74) is 4.86. The SMILES string of the molecule is COc1ccc(CCNC(=O)c2ccc(-c3cc(-c4ccc(Cl)cc4Cl)[nH]n3)cc2)cc1OC. The number of H-pyrrole nitrogens is 1. The van der Waals surface area contributed by atoms with Gasteiger partial charge in [0.2, 0.25) is 0 Å². The number of nitrogens with one attached hydrogen (secondary N) is 2. The number of methoxy groups -OCH3 is 2. The highest BCUT2D eigenvalue weighted by Crippen LogP contribution is 2.31. The molecule has 0 fully saturated rings. The van der Waals surface area contributed by atoms with Crippen molar-refractivity contribution >= 4 is 29.1 Å². The first-order valence-electron chi connectivity index (χ1n) is 10.6. The number of hydrogen-bond acceptors (Lipinski definition) is 4. The molecule has 4 aromatic rings. The maximum Gasteiger partial charge on any atom is 0.251 e. The molecule has 0 bridgehead atoms. The summed E-state index contributed by atoms with van der Waals surface area (Å²) in [6, 6.07) is 20.3. The summed E-state index contributed by atoms with van der Waals surface area (Å²) in [6.45, 7) is 0.501. The summed E-state index contributed by atoms with van der Waals surface area (Å²) in [6.07, 6.45) is 0.674. The van der Waals surface area contributed by atoms with Crippen LogP contribution in [0.25, 0.3) is 22.5 Å². The van der Waals surface area contributed by atoms with Crippen molar-refractivity contribution in [3.8, 4) is 34.0 Å². The van der Waals surface area contributed by atoms with Gasteiger partial charge in [0.05, 0.1) is 30.6 Å². The Morgan fingerprint density at radius 1 is 0.941 bits per heavy atom. The highest BCUT2D eigenvalue weighted by molar-refractivity contribution is 6.36. The Bertz CT molecular complexity index is 1300. The molecule has 0 unspecified atom stereocenters. The number of hydrogen-bond donors (Lipinski definition) is 2. The van der Waals surface area contributed by atoms with E-state index in [4.69, 9.17) is 32.7 Å². The molecule has 0 spiro atoms. The Morgan fingerprint density at radius 2 is 1.71 bits per heavy atom. The van der Waals surface area contributed by atoms with Gasteiger partial charge in [-0.15, -0.1) is 0 Å². The van der Waals surface area contributed by atoms with E-state index in [2.05, 4.69) is 15.5 Å². The minimum Gasteiger partial charge on any atom is -0.493 e. The smallest absolute Gasteiger partial charge is 0.251 e. The largest absolute Gasteiger partial charge is 0.493 e. The lowest BCUT2D eigenvalue weighted by atomic mass is 10.1. The van der Waals surface area contributed by atoms with Crippen molar-refractivity contribution in [2.75, 3.05) is 20.8 Å². The lowest BCUT2D eigenvalue weighted by Crippen LogP contribution is -2.25. The van der Waals surface area contributed by atoms with Crippen LogP contribution in [-0.2, 0) is 6.42 Å². The Hall–Kier alpha value is -3.48. The summed E-state index contributed by atoms with van der Waals surface area (Å²) in [7, 11) is 3.20. The zero-order valence-corrected chi connectivity index (χ0v) is 20.2. The van der Waals surface area contributed by atoms with Crippen molar-refractivity contribution in [3.05, 3.63) is 87.9 Å². The van der Waals surface area contributed by atoms with E-state index >= 15 is 0 Å². The predicted octanol–water partition coefficient (Wildman–Crippen LogP) is 6.04. The van der Waals surface area contributed by atoms with E-state index in [9.17, 15) is 4.79 Å². The monoisotopic (exact) mass is 495 g/mol. The fourth-order valence-corrected chi connectivity index (χ4v) is 4.08. The molecule has 2 N–H and O–H groups in total. The normalized spacial score (nSPS) is 10.7. The van der Waals surface area contributed by atoms with Crippen molar-refractivity contribution in [3.63, 3.8) is 0 Å². The van der Waals surface area contributed by atoms with Gasteiger partial charge in [0, 0.05) is 28.3 Å². The van der Waals surface area contributed by atoms with E-state index in [0.29, 0.717) is 40.1 Å². The number of benzene rings is 3. The first-order valence-corrected chi connectivity index (χ1v) is 11.3. The standard InChI is InChI=1S/C26H23Cl2N3O3/c1-33-24-10-3-16(13-25(24)34-2)11-12-29-26(32)18-6-4-17(5-7-18)22-15-23(31-30-22)20-9-8-19(27)14-21(20)28/h3-10,13-15H,11-12H2,1-2H3,(H,29,32)(H,30,31). The molecule has 0 aliphatic heterocycles. The molecule has 0 aliphatic carbocycles. The number of carbonyl (C=O) groups is 1. The van der Waals surface area contributed by atoms with E-state index in [-0.39, 0.29) is 5.91 Å². The fourth-order valence-electron chi connectivity index (χ4n) is 3.57. The summed E-state index contributed by atoms with van der Waals surface area (Å²) >= 11 is 12.3. The molecule has 4 rings (SSSR count). The van der Waals surface area contributed by atoms with Crippen LogP contribution in [0.2, 0.25) is 10.0 Å². The molecular formula is C26H23Cl2N3O3. The molecule has 0 radical (unpaired) electrons. The van der Waals surface area contributed by atoms with Crippen LogP contribution < -0.4 is 14.8 Å². The van der Waals surface area contributed by atoms with Crippen molar-refractivity contribution in [1.82, 2.24) is 15.5 Å². The van der Waals surface area contributed by atoms with Gasteiger partial charge in [-0.05, 0) is 60.5 Å². The van der Waals surface area contributed by atoms with Gasteiger partial charge in [-0.2, -0.15) is 5.10 Å². The third kappa shape index (κ3) is 5.35. The summed E-state index contributed by atoms with van der Waals surface area (Å²) < 4.78 is 10.6. The van der Waals surface area contributed by atoms with Crippen molar-refractivity contribution < 1.29 is 14.3 Å². The van der Waals surface area contributed by atoms with Crippen LogP contribution in [0.3, 0.4) is 0 Å². The molecule has 0 saturated heterocycles. The summed E-state index contributed by atoms with van der Waals surface area (Å²) in [4.78, 5) is 12.6. The van der Waals surface area contributed by atoms with Gasteiger partial charge in [0.15, 0.2) is 11.5 Å². The van der Waals surface area contributed by atoms with Gasteiger partial charge in [0.1, 0.15) is 0 Å². The zero-order valence-electron chi connectivity index (χ0n) is 18.7. The van der Waals surface area contributed by atoms with E-state index in [1.54, 1.807) is 38.5 Å². The molecule has 6 nitrogen and oxygen atoms in total. The molecule has 3 aromatic carbocycles. The number of amides is 1. The van der Waals surface area contributed by atoms with E-state index < -0.39 is 0 Å². The molecular weight excluding hydrogens is 473 g/mol. The summed E-state index contributed by atoms with van der Waals surface area (Å²) in [5.74, 6) is 1.21. The quantitative estimate of drug-likeness (QED) is 0.312. The highest BCUT2D eigenvalue weighted by Gasteiger charge is 2.11. The topological polar surface area (TPSA) is 76.2 Å². The number of ether oxygens (including phenoxy) is 2. The molecule has 8 heteroatoms. The lowest BCUT2D eigenvalue weighted by molar-refractivity contribution is 0.0954. The summed E-state index contributed by atoms with van der Waals surface area (Å²) in [5, 5.41) is 11.4. The molecule has 0 aliphatic rings. The molecule has 1 aromatic heterocycles. The first kappa shape index (κ1) is 23.7. The fraction of sp³-hybridized carbons (Fsp3) is 0.154. The molecule has 174 valence electrons. The number of rotatable bonds is 8. The average molecular weight is 496 g/mol. The predicted molar refractivity (Wildman–Crippen MR) is 135 cm³/mol. The van der Waals surface area contributed by atoms with Gasteiger partial charge >= 0.3 is 0 Å². The Morgan fingerprint density at radius 3 is 2.41 bits per heavy atom. The van der Waals surface area contributed by atoms with E-state index in [0.717, 1.165) is 28.1 Å². The number of nitrogens with zero attached hydrogens (tertiary/aromatic N) is 1. The number of carbonyl (C=O) groups excluding carboxylic acids is 1. The highest BCUT2D eigenvalue weighted by atomic mass is 35.5. The van der Waals surface area contributed by atoms with Crippen LogP contribution in [0, 0.1) is 0 Å². The second-order valence-corrected chi connectivity index (χ2v) is 8.41. The number of halogens is 2. The number of aromatic amines is 1. The molecule has 0 saturated carbocycles. The second kappa shape index (κ2) is 10.6. The van der Waals surface area contributed by atoms with Crippen LogP contribution in [0.5, 0.6) is 11.5 Å². The zero-order chi connectivity index (χ0) is 24.1. The second-order valence-electron chi connectivity index (χ2n) is 7.56. The maximum absolute atomic E-state index is 12.6. The lowest BCUT2D eigenvalue weighted by Gasteiger charge is -2.10. The van der Waals surface area contributed by atoms with Gasteiger partial charge in [-0.1, -0.05) is 41.4 Å². The van der Waals surface area contributed by atoms with Crippen molar-refractivity contribution in [2.24, 2.45) is 0 Å². The van der Waals surface area contributed by atoms with Crippen LogP contribution >= 0.6 is 23.2 Å². The van der Waals surface area contributed by atoms with Crippen molar-refractivity contribution in [1.29, 1.82) is 0 Å². The van der Waals surface area contributed by atoms with E-state index in [1.165, 1.54) is 0 Å². The molecule has 1 heterocycles. The third-order valence-electron chi connectivity index (χ3n) is 5.39. The van der Waals surface area contributed by atoms with Crippen molar-refractivity contribution in [2.45, 2.75) is 6.42 Å². The average Bonchev–Trinajstić information content (AvgIpc) is 3.34. The Labute approximate surface area is 207 Å². The number of aromatic nitrogens is 2. The molecule has 0 atom stereocenters. The van der Waals surface area contributed by atoms with E-state index in [1.807, 2.05) is 42.5 Å². The minimum atomic E-state index is -0.136. The van der Waals surface area contributed by atoms with Gasteiger partial charge in [-0.3, -0.25) is 9.89 Å². The maximum atomic E-state index is 12.6. The van der Waals surface area contributed by atoms with Gasteiger partial charge in [-0.25, -0.2) is 0 Å². The third-order valence-corrected chi connectivity index (χ3v) is 5.94. The van der Waals surface area contributed by atoms with Crippen LogP contribution in [0.1, 0.15) is 15.9 Å². The Balaban J connectivity index is 1.37. The first-order chi connectivity index (χ1) is 16.5.